The number of aryl methyl sites for hydroxylation is 4. The van der Waals surface area contributed by atoms with Crippen molar-refractivity contribution in [3.8, 4) is 33.4 Å². The second-order valence-electron chi connectivity index (χ2n) is 16.5. The number of rotatable bonds is 9. The smallest absolute Gasteiger partial charge is 0.0491 e. The van der Waals surface area contributed by atoms with Gasteiger partial charge in [-0.3, -0.25) is 0 Å². The van der Waals surface area contributed by atoms with E-state index in [2.05, 4.69) is 256 Å². The van der Waals surface area contributed by atoms with Crippen molar-refractivity contribution in [1.29, 1.82) is 0 Å². The fourth-order valence-corrected chi connectivity index (χ4v) is 8.96. The Balaban J connectivity index is 0.976. The van der Waals surface area contributed by atoms with Crippen LogP contribution >= 0.6 is 0 Å². The van der Waals surface area contributed by atoms with Crippen LogP contribution < -0.4 is 9.80 Å². The predicted octanol–water partition coefficient (Wildman–Crippen LogP) is 17.2. The Kier molecular flexibility index (Phi) is 10.2. The first-order chi connectivity index (χ1) is 30.4. The van der Waals surface area contributed by atoms with Crippen LogP contribution in [-0.4, -0.2) is 0 Å². The minimum atomic E-state index is 1.13. The predicted molar refractivity (Wildman–Crippen MR) is 266 cm³/mol. The molecule has 0 radical (unpaired) electrons. The Bertz CT molecular complexity index is 3010. The summed E-state index contributed by atoms with van der Waals surface area (Å²) < 4.78 is 0. The van der Waals surface area contributed by atoms with E-state index in [0.717, 1.165) is 22.7 Å². The first-order valence-electron chi connectivity index (χ1n) is 21.5. The molecular formula is C60H48N2. The fraction of sp³-hybridized carbons (Fsp3) is 0.0667. The number of fused-ring (bicyclic) bond motifs is 2. The summed E-state index contributed by atoms with van der Waals surface area (Å²) >= 11 is 0. The summed E-state index contributed by atoms with van der Waals surface area (Å²) in [6.07, 6.45) is 0. The minimum absolute atomic E-state index is 1.13. The molecule has 10 rings (SSSR count). The fourth-order valence-electron chi connectivity index (χ4n) is 8.96. The zero-order valence-electron chi connectivity index (χ0n) is 35.7. The van der Waals surface area contributed by atoms with Crippen molar-refractivity contribution in [3.05, 3.63) is 241 Å². The average Bonchev–Trinajstić information content (AvgIpc) is 3.31. The molecule has 0 amide bonds. The van der Waals surface area contributed by atoms with Crippen molar-refractivity contribution >= 4 is 55.7 Å². The molecule has 0 unspecified atom stereocenters. The van der Waals surface area contributed by atoms with Crippen molar-refractivity contribution in [2.75, 3.05) is 9.80 Å². The first-order valence-corrected chi connectivity index (χ1v) is 21.5. The van der Waals surface area contributed by atoms with E-state index in [-0.39, 0.29) is 0 Å². The van der Waals surface area contributed by atoms with E-state index in [1.54, 1.807) is 0 Å². The van der Waals surface area contributed by atoms with Gasteiger partial charge in [0, 0.05) is 34.1 Å². The van der Waals surface area contributed by atoms with E-state index < -0.39 is 0 Å². The van der Waals surface area contributed by atoms with Gasteiger partial charge in [-0.1, -0.05) is 146 Å². The summed E-state index contributed by atoms with van der Waals surface area (Å²) in [5, 5.41) is 5.02. The third kappa shape index (κ3) is 7.42. The maximum absolute atomic E-state index is 2.40. The van der Waals surface area contributed by atoms with Gasteiger partial charge >= 0.3 is 0 Å². The Morgan fingerprint density at radius 3 is 0.919 bits per heavy atom. The van der Waals surface area contributed by atoms with Gasteiger partial charge in [-0.2, -0.15) is 0 Å². The number of nitrogens with zero attached hydrogens (tertiary/aromatic N) is 2. The lowest BCUT2D eigenvalue weighted by Gasteiger charge is -2.29. The van der Waals surface area contributed by atoms with Gasteiger partial charge in [-0.25, -0.2) is 0 Å². The average molecular weight is 797 g/mol. The van der Waals surface area contributed by atoms with Crippen LogP contribution in [0.3, 0.4) is 0 Å². The van der Waals surface area contributed by atoms with Gasteiger partial charge in [-0.05, 0) is 178 Å². The molecule has 0 atom stereocenters. The normalized spacial score (nSPS) is 11.2. The van der Waals surface area contributed by atoms with Gasteiger partial charge < -0.3 is 9.80 Å². The number of hydrogen-bond acceptors (Lipinski definition) is 2. The maximum Gasteiger partial charge on any atom is 0.0491 e. The monoisotopic (exact) mass is 796 g/mol. The van der Waals surface area contributed by atoms with Crippen LogP contribution in [-0.2, 0) is 0 Å². The highest BCUT2D eigenvalue weighted by Crippen LogP contribution is 2.43. The number of anilines is 6. The molecule has 10 aromatic carbocycles. The van der Waals surface area contributed by atoms with Crippen LogP contribution in [0.4, 0.5) is 34.1 Å². The summed E-state index contributed by atoms with van der Waals surface area (Å²) in [6.45, 7) is 8.85. The van der Waals surface area contributed by atoms with E-state index in [1.807, 2.05) is 0 Å². The van der Waals surface area contributed by atoms with Crippen LogP contribution in [0.15, 0.2) is 218 Å². The Morgan fingerprint density at radius 1 is 0.226 bits per heavy atom. The van der Waals surface area contributed by atoms with Gasteiger partial charge in [0.25, 0.3) is 0 Å². The molecule has 0 saturated carbocycles. The zero-order chi connectivity index (χ0) is 42.2. The van der Waals surface area contributed by atoms with Crippen LogP contribution in [0.5, 0.6) is 0 Å². The van der Waals surface area contributed by atoms with Gasteiger partial charge in [0.05, 0.1) is 0 Å². The molecule has 0 aliphatic heterocycles. The van der Waals surface area contributed by atoms with E-state index in [9.17, 15) is 0 Å². The summed E-state index contributed by atoms with van der Waals surface area (Å²) in [5.41, 5.74) is 19.0. The summed E-state index contributed by atoms with van der Waals surface area (Å²) in [5.74, 6) is 0. The van der Waals surface area contributed by atoms with Crippen LogP contribution in [0, 0.1) is 27.7 Å². The quantitative estimate of drug-likeness (QED) is 0.144. The molecule has 0 spiro atoms. The topological polar surface area (TPSA) is 6.48 Å². The molecule has 298 valence electrons. The minimum Gasteiger partial charge on any atom is -0.310 e. The number of hydrogen-bond donors (Lipinski definition) is 0. The SMILES string of the molecule is Cc1ccccc1N(c1ccc(-c2ccc3ccccc3c2)cc1)c1ccc(-c2ccc(N(c3ccc(-c4ccc5ccccc5c4)cc3)c3ccccc3C)c(C)c2)cc1C. The van der Waals surface area contributed by atoms with Gasteiger partial charge in [0.1, 0.15) is 0 Å². The molecule has 62 heavy (non-hydrogen) atoms. The molecule has 10 aromatic rings. The number of benzene rings is 10. The number of para-hydroxylation sites is 2. The van der Waals surface area contributed by atoms with Crippen LogP contribution in [0.2, 0.25) is 0 Å². The summed E-state index contributed by atoms with van der Waals surface area (Å²) in [4.78, 5) is 4.80. The molecule has 0 aliphatic carbocycles. The second kappa shape index (κ2) is 16.4. The second-order valence-corrected chi connectivity index (χ2v) is 16.5. The third-order valence-corrected chi connectivity index (χ3v) is 12.3. The van der Waals surface area contributed by atoms with Crippen molar-refractivity contribution in [2.45, 2.75) is 27.7 Å². The molecular weight excluding hydrogens is 749 g/mol. The van der Waals surface area contributed by atoms with Crippen molar-refractivity contribution in [1.82, 2.24) is 0 Å². The van der Waals surface area contributed by atoms with Crippen LogP contribution in [0.25, 0.3) is 54.9 Å². The summed E-state index contributed by atoms with van der Waals surface area (Å²) in [6, 6.07) is 79.7. The molecule has 0 aliphatic rings. The van der Waals surface area contributed by atoms with E-state index in [1.165, 1.54) is 88.6 Å². The lowest BCUT2D eigenvalue weighted by Crippen LogP contribution is -2.13. The lowest BCUT2D eigenvalue weighted by molar-refractivity contribution is 1.22. The molecule has 0 saturated heterocycles. The Morgan fingerprint density at radius 2 is 0.532 bits per heavy atom. The third-order valence-electron chi connectivity index (χ3n) is 12.3. The standard InChI is InChI=1S/C60H48N2/c1-41-13-5-11-19-57(41)61(55-31-25-47(26-32-55)53-23-21-45-15-7-9-17-49(45)39-53)59-35-29-51(37-43(59)3)52-30-36-60(44(4)38-52)62(58-20-12-6-14-42(58)2)56-33-27-48(28-34-56)54-24-22-46-16-8-10-18-50(46)40-54/h5-40H,1-4H3. The molecule has 0 heterocycles. The van der Waals surface area contributed by atoms with Gasteiger partial charge in [0.2, 0.25) is 0 Å². The first kappa shape index (κ1) is 38.5. The van der Waals surface area contributed by atoms with Gasteiger partial charge in [-0.15, -0.1) is 0 Å². The highest BCUT2D eigenvalue weighted by atomic mass is 15.2. The Labute approximate surface area is 365 Å². The summed E-state index contributed by atoms with van der Waals surface area (Å²) in [7, 11) is 0. The highest BCUT2D eigenvalue weighted by molar-refractivity contribution is 5.90. The van der Waals surface area contributed by atoms with Crippen molar-refractivity contribution in [2.24, 2.45) is 0 Å². The molecule has 0 N–H and O–H groups in total. The lowest BCUT2D eigenvalue weighted by atomic mass is 9.97. The molecule has 0 bridgehead atoms. The van der Waals surface area contributed by atoms with Crippen molar-refractivity contribution < 1.29 is 0 Å². The van der Waals surface area contributed by atoms with E-state index >= 15 is 0 Å². The maximum atomic E-state index is 2.40. The molecule has 2 heteroatoms. The largest absolute Gasteiger partial charge is 0.310 e. The molecule has 0 aromatic heterocycles. The zero-order valence-corrected chi connectivity index (χ0v) is 35.7. The van der Waals surface area contributed by atoms with E-state index in [4.69, 9.17) is 0 Å². The van der Waals surface area contributed by atoms with Gasteiger partial charge in [0.15, 0.2) is 0 Å². The Hall–Kier alpha value is -7.68. The van der Waals surface area contributed by atoms with Crippen LogP contribution in [0.1, 0.15) is 22.3 Å². The molecule has 0 fully saturated rings. The molecule has 2 nitrogen and oxygen atoms in total. The van der Waals surface area contributed by atoms with E-state index in [0.29, 0.717) is 0 Å². The highest BCUT2D eigenvalue weighted by Gasteiger charge is 2.20. The van der Waals surface area contributed by atoms with Crippen molar-refractivity contribution in [3.63, 3.8) is 0 Å².